The minimum absolute atomic E-state index is 0.216. The van der Waals surface area contributed by atoms with E-state index in [9.17, 15) is 9.59 Å². The highest BCUT2D eigenvalue weighted by Gasteiger charge is 2.47. The summed E-state index contributed by atoms with van der Waals surface area (Å²) in [6, 6.07) is 9.47. The average molecular weight is 325 g/mol. The van der Waals surface area contributed by atoms with Crippen LogP contribution in [0.3, 0.4) is 0 Å². The van der Waals surface area contributed by atoms with Crippen LogP contribution in [0.5, 0.6) is 0 Å². The van der Waals surface area contributed by atoms with E-state index in [-0.39, 0.29) is 23.9 Å². The van der Waals surface area contributed by atoms with E-state index in [1.54, 1.807) is 6.92 Å². The first kappa shape index (κ1) is 16.8. The number of benzene rings is 1. The third-order valence-electron chi connectivity index (χ3n) is 4.61. The van der Waals surface area contributed by atoms with Crippen molar-refractivity contribution in [2.24, 2.45) is 11.3 Å². The molecule has 1 aliphatic carbocycles. The van der Waals surface area contributed by atoms with Crippen molar-refractivity contribution in [3.8, 4) is 0 Å². The van der Waals surface area contributed by atoms with Crippen molar-refractivity contribution in [3.05, 3.63) is 35.9 Å². The molecule has 1 atom stereocenters. The summed E-state index contributed by atoms with van der Waals surface area (Å²) in [4.78, 5) is 23.6. The average Bonchev–Trinajstić information content (AvgIpc) is 2.53. The SMILES string of the molecule is CC(Cl)C1(C(=O)OCc2ccccc2)CCC(C(=O)O)CC1. The van der Waals surface area contributed by atoms with Crippen molar-refractivity contribution in [1.82, 2.24) is 0 Å². The number of carboxylic acid groups (broad SMARTS) is 1. The summed E-state index contributed by atoms with van der Waals surface area (Å²) in [5.41, 5.74) is 0.148. The molecule has 2 rings (SSSR count). The quantitative estimate of drug-likeness (QED) is 0.663. The molecular formula is C17H21ClO4. The number of hydrogen-bond acceptors (Lipinski definition) is 3. The van der Waals surface area contributed by atoms with Crippen molar-refractivity contribution in [2.75, 3.05) is 0 Å². The number of ether oxygens (including phenoxy) is 1. The van der Waals surface area contributed by atoms with Gasteiger partial charge in [-0.2, -0.15) is 0 Å². The maximum atomic E-state index is 12.6. The maximum absolute atomic E-state index is 12.6. The van der Waals surface area contributed by atoms with Crippen molar-refractivity contribution < 1.29 is 19.4 Å². The second kappa shape index (κ2) is 7.14. The van der Waals surface area contributed by atoms with Crippen LogP contribution < -0.4 is 0 Å². The zero-order chi connectivity index (χ0) is 16.2. The van der Waals surface area contributed by atoms with Gasteiger partial charge in [-0.3, -0.25) is 9.59 Å². The van der Waals surface area contributed by atoms with Gasteiger partial charge in [0.15, 0.2) is 0 Å². The van der Waals surface area contributed by atoms with Crippen LogP contribution in [0.15, 0.2) is 30.3 Å². The minimum atomic E-state index is -0.798. The number of carbonyl (C=O) groups excluding carboxylic acids is 1. The fraction of sp³-hybridized carbons (Fsp3) is 0.529. The van der Waals surface area contributed by atoms with Gasteiger partial charge in [0, 0.05) is 5.38 Å². The van der Waals surface area contributed by atoms with Gasteiger partial charge in [-0.25, -0.2) is 0 Å². The molecule has 1 saturated carbocycles. The largest absolute Gasteiger partial charge is 0.481 e. The molecule has 0 spiro atoms. The standard InChI is InChI=1S/C17H21ClO4/c1-12(18)17(9-7-14(8-10-17)15(19)20)16(21)22-11-13-5-3-2-4-6-13/h2-6,12,14H,7-11H2,1H3,(H,19,20). The Morgan fingerprint density at radius 2 is 1.91 bits per heavy atom. The number of esters is 1. The Kier molecular flexibility index (Phi) is 5.46. The monoisotopic (exact) mass is 324 g/mol. The summed E-state index contributed by atoms with van der Waals surface area (Å²) in [7, 11) is 0. The van der Waals surface area contributed by atoms with Crippen LogP contribution in [-0.2, 0) is 20.9 Å². The van der Waals surface area contributed by atoms with Crippen LogP contribution in [0.25, 0.3) is 0 Å². The lowest BCUT2D eigenvalue weighted by Gasteiger charge is -2.38. The lowest BCUT2D eigenvalue weighted by atomic mass is 9.68. The molecule has 0 aliphatic heterocycles. The fourth-order valence-electron chi connectivity index (χ4n) is 3.01. The van der Waals surface area contributed by atoms with E-state index >= 15 is 0 Å². The number of alkyl halides is 1. The predicted octanol–water partition coefficient (Wildman–Crippen LogP) is 3.62. The van der Waals surface area contributed by atoms with Gasteiger partial charge in [0.1, 0.15) is 6.61 Å². The van der Waals surface area contributed by atoms with Gasteiger partial charge in [0.05, 0.1) is 11.3 Å². The lowest BCUT2D eigenvalue weighted by molar-refractivity contribution is -0.162. The van der Waals surface area contributed by atoms with Crippen molar-refractivity contribution >= 4 is 23.5 Å². The van der Waals surface area contributed by atoms with Crippen LogP contribution in [0, 0.1) is 11.3 Å². The third kappa shape index (κ3) is 3.61. The van der Waals surface area contributed by atoms with Crippen molar-refractivity contribution in [2.45, 2.75) is 44.6 Å². The molecule has 0 aromatic heterocycles. The van der Waals surface area contributed by atoms with Crippen LogP contribution in [0.2, 0.25) is 0 Å². The first-order chi connectivity index (χ1) is 10.5. The molecule has 5 heteroatoms. The number of aliphatic carboxylic acids is 1. The van der Waals surface area contributed by atoms with Gasteiger partial charge < -0.3 is 9.84 Å². The van der Waals surface area contributed by atoms with E-state index in [1.165, 1.54) is 0 Å². The molecule has 1 unspecified atom stereocenters. The van der Waals surface area contributed by atoms with E-state index in [0.717, 1.165) is 5.56 Å². The van der Waals surface area contributed by atoms with Crippen molar-refractivity contribution in [3.63, 3.8) is 0 Å². The first-order valence-electron chi connectivity index (χ1n) is 7.54. The van der Waals surface area contributed by atoms with Crippen LogP contribution in [0.1, 0.15) is 38.2 Å². The van der Waals surface area contributed by atoms with Gasteiger partial charge in [-0.15, -0.1) is 11.6 Å². The number of carboxylic acids is 1. The van der Waals surface area contributed by atoms with Gasteiger partial charge in [-0.05, 0) is 38.2 Å². The second-order valence-electron chi connectivity index (χ2n) is 5.95. The molecule has 120 valence electrons. The highest BCUT2D eigenvalue weighted by atomic mass is 35.5. The zero-order valence-electron chi connectivity index (χ0n) is 12.6. The normalized spacial score (nSPS) is 26.2. The second-order valence-corrected chi connectivity index (χ2v) is 6.60. The van der Waals surface area contributed by atoms with Crippen molar-refractivity contribution in [1.29, 1.82) is 0 Å². The topological polar surface area (TPSA) is 63.6 Å². The van der Waals surface area contributed by atoms with Gasteiger partial charge in [0.25, 0.3) is 0 Å². The molecule has 1 aromatic rings. The maximum Gasteiger partial charge on any atom is 0.313 e. The van der Waals surface area contributed by atoms with E-state index in [4.69, 9.17) is 21.4 Å². The first-order valence-corrected chi connectivity index (χ1v) is 7.97. The molecule has 0 bridgehead atoms. The van der Waals surface area contributed by atoms with Crippen LogP contribution in [0.4, 0.5) is 0 Å². The molecule has 1 N–H and O–H groups in total. The summed E-state index contributed by atoms with van der Waals surface area (Å²) in [5, 5.41) is 8.70. The predicted molar refractivity (Wildman–Crippen MR) is 83.6 cm³/mol. The third-order valence-corrected chi connectivity index (χ3v) is 5.03. The van der Waals surface area contributed by atoms with Gasteiger partial charge in [0.2, 0.25) is 0 Å². The fourth-order valence-corrected chi connectivity index (χ4v) is 3.32. The Morgan fingerprint density at radius 1 is 1.32 bits per heavy atom. The number of halogens is 1. The van der Waals surface area contributed by atoms with Crippen LogP contribution in [-0.4, -0.2) is 22.4 Å². The zero-order valence-corrected chi connectivity index (χ0v) is 13.4. The van der Waals surface area contributed by atoms with E-state index in [0.29, 0.717) is 25.7 Å². The van der Waals surface area contributed by atoms with Gasteiger partial charge >= 0.3 is 11.9 Å². The Hall–Kier alpha value is -1.55. The molecular weight excluding hydrogens is 304 g/mol. The lowest BCUT2D eigenvalue weighted by Crippen LogP contribution is -2.43. The van der Waals surface area contributed by atoms with Crippen LogP contribution >= 0.6 is 11.6 Å². The summed E-state index contributed by atoms with van der Waals surface area (Å²) in [6.45, 7) is 2.00. The molecule has 0 heterocycles. The number of rotatable bonds is 5. The number of carbonyl (C=O) groups is 2. The van der Waals surface area contributed by atoms with E-state index in [1.807, 2.05) is 30.3 Å². The highest BCUT2D eigenvalue weighted by molar-refractivity contribution is 6.22. The Balaban J connectivity index is 2.02. The molecule has 1 aliphatic rings. The van der Waals surface area contributed by atoms with Gasteiger partial charge in [-0.1, -0.05) is 30.3 Å². The van der Waals surface area contributed by atoms with E-state index in [2.05, 4.69) is 0 Å². The molecule has 1 aromatic carbocycles. The Morgan fingerprint density at radius 3 is 2.41 bits per heavy atom. The summed E-state index contributed by atoms with van der Waals surface area (Å²) in [5.74, 6) is -1.50. The number of hydrogen-bond donors (Lipinski definition) is 1. The summed E-state index contributed by atoms with van der Waals surface area (Å²) < 4.78 is 5.46. The molecule has 0 saturated heterocycles. The molecule has 0 amide bonds. The van der Waals surface area contributed by atoms with E-state index < -0.39 is 11.4 Å². The smallest absolute Gasteiger partial charge is 0.313 e. The summed E-state index contributed by atoms with van der Waals surface area (Å²) >= 11 is 6.27. The Bertz CT molecular complexity index is 519. The Labute approximate surface area is 135 Å². The molecule has 1 fully saturated rings. The summed E-state index contributed by atoms with van der Waals surface area (Å²) in [6.07, 6.45) is 1.85. The highest BCUT2D eigenvalue weighted by Crippen LogP contribution is 2.44. The molecule has 4 nitrogen and oxygen atoms in total. The molecule has 22 heavy (non-hydrogen) atoms. The molecule has 0 radical (unpaired) electrons. The minimum Gasteiger partial charge on any atom is -0.481 e.